The summed E-state index contributed by atoms with van der Waals surface area (Å²) in [7, 11) is -3.20. The molecule has 42 heavy (non-hydrogen) atoms. The zero-order valence-corrected chi connectivity index (χ0v) is 25.1. The molecule has 0 spiro atoms. The van der Waals surface area contributed by atoms with Gasteiger partial charge in [0.05, 0.1) is 59.5 Å². The fourth-order valence-corrected chi connectivity index (χ4v) is 5.25. The van der Waals surface area contributed by atoms with Gasteiger partial charge in [0.2, 0.25) is 0 Å². The molecule has 3 rings (SSSR count). The first kappa shape index (κ1) is 33.3. The quantitative estimate of drug-likeness (QED) is 0.0990. The second-order valence-corrected chi connectivity index (χ2v) is 11.2. The predicted molar refractivity (Wildman–Crippen MR) is 162 cm³/mol. The highest BCUT2D eigenvalue weighted by molar-refractivity contribution is 6.66. The van der Waals surface area contributed by atoms with E-state index in [0.29, 0.717) is 59.5 Å². The molecule has 0 saturated carbocycles. The molecule has 3 aromatic rings. The van der Waals surface area contributed by atoms with Crippen molar-refractivity contribution in [2.45, 2.75) is 0 Å². The summed E-state index contributed by atoms with van der Waals surface area (Å²) >= 11 is 0. The van der Waals surface area contributed by atoms with Gasteiger partial charge in [-0.3, -0.25) is 0 Å². The number of rotatable bonds is 25. The van der Waals surface area contributed by atoms with Crippen molar-refractivity contribution in [2.24, 2.45) is 0 Å². The number of hydrogen-bond donors (Lipinski definition) is 0. The minimum Gasteiger partial charge on any atom is -0.491 e. The molecular formula is C32H42O9Si. The van der Waals surface area contributed by atoms with Crippen molar-refractivity contribution in [3.63, 3.8) is 0 Å². The molecule has 0 bridgehead atoms. The first-order chi connectivity index (χ1) is 20.8. The molecule has 0 atom stereocenters. The lowest BCUT2D eigenvalue weighted by Gasteiger charge is -2.26. The summed E-state index contributed by atoms with van der Waals surface area (Å²) in [6.45, 7) is 8.45. The van der Waals surface area contributed by atoms with Crippen LogP contribution in [0.3, 0.4) is 0 Å². The van der Waals surface area contributed by atoms with Crippen molar-refractivity contribution < 1.29 is 41.7 Å². The van der Waals surface area contributed by atoms with Gasteiger partial charge >= 0.3 is 8.80 Å². The molecule has 0 unspecified atom stereocenters. The minimum absolute atomic E-state index is 0.279. The molecule has 0 amide bonds. The third kappa shape index (κ3) is 14.6. The van der Waals surface area contributed by atoms with Crippen LogP contribution in [0.1, 0.15) is 0 Å². The molecule has 228 valence electrons. The average molecular weight is 599 g/mol. The van der Waals surface area contributed by atoms with Gasteiger partial charge in [-0.05, 0) is 42.1 Å². The van der Waals surface area contributed by atoms with E-state index in [4.69, 9.17) is 41.7 Å². The predicted octanol–water partition coefficient (Wildman–Crippen LogP) is 4.99. The molecule has 0 aliphatic carbocycles. The van der Waals surface area contributed by atoms with Crippen molar-refractivity contribution in [2.75, 3.05) is 79.3 Å². The summed E-state index contributed by atoms with van der Waals surface area (Å²) in [6, 6.07) is 28.8. The monoisotopic (exact) mass is 598 g/mol. The van der Waals surface area contributed by atoms with Gasteiger partial charge in [-0.1, -0.05) is 61.2 Å². The average Bonchev–Trinajstić information content (AvgIpc) is 3.04. The summed E-state index contributed by atoms with van der Waals surface area (Å²) in [5, 5.41) is 0. The van der Waals surface area contributed by atoms with Crippen LogP contribution in [0.15, 0.2) is 103 Å². The summed E-state index contributed by atoms with van der Waals surface area (Å²) in [4.78, 5) is 0. The zero-order valence-electron chi connectivity index (χ0n) is 24.1. The lowest BCUT2D eigenvalue weighted by atomic mass is 10.3. The van der Waals surface area contributed by atoms with Crippen molar-refractivity contribution in [1.29, 1.82) is 0 Å². The summed E-state index contributed by atoms with van der Waals surface area (Å²) in [5.74, 6) is 2.42. The second kappa shape index (κ2) is 21.5. The van der Waals surface area contributed by atoms with Crippen LogP contribution in [0.2, 0.25) is 0 Å². The van der Waals surface area contributed by atoms with Crippen molar-refractivity contribution >= 4 is 8.80 Å². The van der Waals surface area contributed by atoms with Crippen LogP contribution >= 0.6 is 0 Å². The number of ether oxygens (including phenoxy) is 6. The van der Waals surface area contributed by atoms with E-state index in [1.54, 1.807) is 5.70 Å². The standard InChI is InChI=1S/C32H42O9Si/c1-2-42(39-27-21-33-18-24-36-30-12-6-3-7-13-30,40-28-22-34-19-25-37-31-14-8-4-9-15-31)41-29-23-35-20-26-38-32-16-10-5-11-17-32/h2-17H,1,18-29H2. The van der Waals surface area contributed by atoms with Crippen LogP contribution in [0.5, 0.6) is 17.2 Å². The molecule has 0 radical (unpaired) electrons. The molecule has 0 heterocycles. The van der Waals surface area contributed by atoms with Gasteiger partial charge in [-0.2, -0.15) is 0 Å². The van der Waals surface area contributed by atoms with Crippen LogP contribution in [-0.2, 0) is 27.5 Å². The third-order valence-corrected chi connectivity index (χ3v) is 7.88. The lowest BCUT2D eigenvalue weighted by molar-refractivity contribution is 0.00126. The van der Waals surface area contributed by atoms with E-state index < -0.39 is 8.80 Å². The Kier molecular flexibility index (Phi) is 17.0. The number of hydrogen-bond acceptors (Lipinski definition) is 9. The van der Waals surface area contributed by atoms with E-state index in [0.717, 1.165) is 17.2 Å². The molecule has 3 aromatic carbocycles. The highest BCUT2D eigenvalue weighted by Crippen LogP contribution is 2.13. The Hall–Kier alpha value is -3.22. The minimum atomic E-state index is -3.20. The highest BCUT2D eigenvalue weighted by Gasteiger charge is 2.38. The van der Waals surface area contributed by atoms with Crippen molar-refractivity contribution in [3.05, 3.63) is 103 Å². The Morgan fingerprint density at radius 3 is 0.976 bits per heavy atom. The maximum absolute atomic E-state index is 6.06. The molecule has 0 aromatic heterocycles. The Balaban J connectivity index is 1.32. The number of benzene rings is 3. The molecule has 9 nitrogen and oxygen atoms in total. The maximum Gasteiger partial charge on any atom is 0.529 e. The Labute approximate surface area is 250 Å². The first-order valence-electron chi connectivity index (χ1n) is 14.1. The van der Waals surface area contributed by atoms with Gasteiger partial charge in [0.1, 0.15) is 37.1 Å². The third-order valence-electron chi connectivity index (χ3n) is 5.56. The van der Waals surface area contributed by atoms with E-state index >= 15 is 0 Å². The van der Waals surface area contributed by atoms with Crippen LogP contribution in [0.25, 0.3) is 0 Å². The van der Waals surface area contributed by atoms with Gasteiger partial charge in [0.15, 0.2) is 0 Å². The molecule has 0 aliphatic rings. The normalized spacial score (nSPS) is 11.2. The van der Waals surface area contributed by atoms with E-state index in [1.165, 1.54) is 0 Å². The van der Waals surface area contributed by atoms with E-state index in [2.05, 4.69) is 6.58 Å². The molecular weight excluding hydrogens is 556 g/mol. The molecule has 10 heteroatoms. The van der Waals surface area contributed by atoms with E-state index in [1.807, 2.05) is 91.0 Å². The molecule has 0 saturated heterocycles. The molecule has 0 N–H and O–H groups in total. The van der Waals surface area contributed by atoms with Crippen LogP contribution in [0, 0.1) is 0 Å². The Morgan fingerprint density at radius 1 is 0.405 bits per heavy atom. The summed E-state index contributed by atoms with van der Waals surface area (Å²) in [6.07, 6.45) is 0. The van der Waals surface area contributed by atoms with Gasteiger partial charge in [0.25, 0.3) is 0 Å². The lowest BCUT2D eigenvalue weighted by Crippen LogP contribution is -2.46. The van der Waals surface area contributed by atoms with Crippen LogP contribution < -0.4 is 14.2 Å². The van der Waals surface area contributed by atoms with Gasteiger partial charge < -0.3 is 41.7 Å². The van der Waals surface area contributed by atoms with Gasteiger partial charge in [-0.15, -0.1) is 0 Å². The Morgan fingerprint density at radius 2 is 0.690 bits per heavy atom. The highest BCUT2D eigenvalue weighted by atomic mass is 28.4. The summed E-state index contributed by atoms with van der Waals surface area (Å²) in [5.41, 5.74) is 1.61. The first-order valence-corrected chi connectivity index (χ1v) is 15.9. The largest absolute Gasteiger partial charge is 0.529 e. The van der Waals surface area contributed by atoms with Gasteiger partial charge in [0, 0.05) is 0 Å². The molecule has 0 aliphatic heterocycles. The van der Waals surface area contributed by atoms with Crippen LogP contribution in [-0.4, -0.2) is 88.1 Å². The Bertz CT molecular complexity index is 927. The topological polar surface area (TPSA) is 83.1 Å². The second-order valence-electron chi connectivity index (χ2n) is 8.67. The van der Waals surface area contributed by atoms with E-state index in [9.17, 15) is 0 Å². The van der Waals surface area contributed by atoms with Crippen molar-refractivity contribution in [3.8, 4) is 17.2 Å². The summed E-state index contributed by atoms with van der Waals surface area (Å²) < 4.78 is 52.1. The van der Waals surface area contributed by atoms with Gasteiger partial charge in [-0.25, -0.2) is 0 Å². The fraction of sp³-hybridized carbons (Fsp3) is 0.375. The van der Waals surface area contributed by atoms with Crippen molar-refractivity contribution in [1.82, 2.24) is 0 Å². The fourth-order valence-electron chi connectivity index (χ4n) is 3.54. The number of para-hydroxylation sites is 3. The van der Waals surface area contributed by atoms with E-state index in [-0.39, 0.29) is 19.8 Å². The zero-order chi connectivity index (χ0) is 29.4. The maximum atomic E-state index is 6.06. The molecule has 0 fully saturated rings. The smallest absolute Gasteiger partial charge is 0.491 e. The SMILES string of the molecule is C=C[Si](OCCOCCOc1ccccc1)(OCCOCCOc1ccccc1)OCCOCCOc1ccccc1. The van der Waals surface area contributed by atoms with Crippen LogP contribution in [0.4, 0.5) is 0 Å².